The molecule has 4 heteroatoms. The van der Waals surface area contributed by atoms with Gasteiger partial charge in [0.05, 0.1) is 5.02 Å². The molecule has 0 saturated heterocycles. The van der Waals surface area contributed by atoms with Crippen LogP contribution in [0.25, 0.3) is 0 Å². The summed E-state index contributed by atoms with van der Waals surface area (Å²) in [6.07, 6.45) is 6.73. The van der Waals surface area contributed by atoms with Crippen molar-refractivity contribution in [1.29, 1.82) is 0 Å². The van der Waals surface area contributed by atoms with Gasteiger partial charge in [-0.05, 0) is 89.9 Å². The first-order valence-electron chi connectivity index (χ1n) is 7.86. The van der Waals surface area contributed by atoms with Gasteiger partial charge in [-0.25, -0.2) is 0 Å². The van der Waals surface area contributed by atoms with Crippen LogP contribution in [0.15, 0.2) is 22.7 Å². The highest BCUT2D eigenvalue weighted by Gasteiger charge is 2.48. The Morgan fingerprint density at radius 2 is 1.71 bits per heavy atom. The van der Waals surface area contributed by atoms with Crippen molar-refractivity contribution in [3.8, 4) is 0 Å². The number of hydrogen-bond acceptors (Lipinski definition) is 1. The van der Waals surface area contributed by atoms with Crippen molar-refractivity contribution >= 4 is 33.4 Å². The normalized spacial score (nSPS) is 36.8. The van der Waals surface area contributed by atoms with Crippen LogP contribution >= 0.6 is 27.5 Å². The van der Waals surface area contributed by atoms with Gasteiger partial charge >= 0.3 is 0 Å². The molecule has 112 valence electrons. The second-order valence-corrected chi connectivity index (χ2v) is 8.32. The van der Waals surface area contributed by atoms with Gasteiger partial charge in [-0.2, -0.15) is 0 Å². The third-order valence-electron chi connectivity index (χ3n) is 5.71. The van der Waals surface area contributed by atoms with E-state index < -0.39 is 0 Å². The monoisotopic (exact) mass is 367 g/mol. The van der Waals surface area contributed by atoms with Crippen molar-refractivity contribution < 1.29 is 4.79 Å². The summed E-state index contributed by atoms with van der Waals surface area (Å²) >= 11 is 9.39. The lowest BCUT2D eigenvalue weighted by Gasteiger charge is -2.54. The Balaban J connectivity index is 1.50. The number of benzene rings is 1. The fourth-order valence-electron chi connectivity index (χ4n) is 5.03. The Labute approximate surface area is 138 Å². The van der Waals surface area contributed by atoms with Gasteiger partial charge in [0, 0.05) is 16.1 Å². The number of carbonyl (C=O) groups is 1. The van der Waals surface area contributed by atoms with Gasteiger partial charge in [-0.15, -0.1) is 0 Å². The average Bonchev–Trinajstić information content (AvgIpc) is 2.45. The molecule has 0 aliphatic heterocycles. The maximum atomic E-state index is 12.5. The minimum absolute atomic E-state index is 0.0461. The van der Waals surface area contributed by atoms with Crippen LogP contribution in [0, 0.1) is 23.7 Å². The molecule has 1 aromatic carbocycles. The number of amides is 1. The smallest absolute Gasteiger partial charge is 0.251 e. The first kappa shape index (κ1) is 14.1. The Morgan fingerprint density at radius 3 is 2.29 bits per heavy atom. The summed E-state index contributed by atoms with van der Waals surface area (Å²) in [5.41, 5.74) is 0.695. The summed E-state index contributed by atoms with van der Waals surface area (Å²) < 4.78 is 0.780. The molecule has 5 rings (SSSR count). The zero-order chi connectivity index (χ0) is 14.6. The molecule has 0 spiro atoms. The van der Waals surface area contributed by atoms with Crippen LogP contribution in [0.3, 0.4) is 0 Å². The summed E-state index contributed by atoms with van der Waals surface area (Å²) in [7, 11) is 0. The van der Waals surface area contributed by atoms with Gasteiger partial charge in [0.25, 0.3) is 5.91 Å². The van der Waals surface area contributed by atoms with Crippen molar-refractivity contribution in [2.75, 3.05) is 0 Å². The molecule has 4 aliphatic carbocycles. The summed E-state index contributed by atoms with van der Waals surface area (Å²) in [6, 6.07) is 5.78. The second kappa shape index (κ2) is 5.27. The van der Waals surface area contributed by atoms with E-state index in [-0.39, 0.29) is 5.91 Å². The van der Waals surface area contributed by atoms with Gasteiger partial charge < -0.3 is 5.32 Å². The van der Waals surface area contributed by atoms with E-state index in [1.165, 1.54) is 32.1 Å². The van der Waals surface area contributed by atoms with Gasteiger partial charge in [0.1, 0.15) is 0 Å². The molecule has 0 atom stereocenters. The summed E-state index contributed by atoms with van der Waals surface area (Å²) in [5.74, 6) is 3.34. The maximum absolute atomic E-state index is 12.5. The molecule has 4 saturated carbocycles. The highest BCUT2D eigenvalue weighted by Crippen LogP contribution is 2.53. The van der Waals surface area contributed by atoms with Crippen LogP contribution < -0.4 is 5.32 Å². The van der Waals surface area contributed by atoms with E-state index in [1.807, 2.05) is 6.07 Å². The Kier molecular flexibility index (Phi) is 3.54. The molecule has 4 bridgehead atoms. The Bertz CT molecular complexity index is 560. The van der Waals surface area contributed by atoms with Crippen molar-refractivity contribution in [3.63, 3.8) is 0 Å². The van der Waals surface area contributed by atoms with Crippen molar-refractivity contribution in [2.24, 2.45) is 23.7 Å². The van der Waals surface area contributed by atoms with Crippen LogP contribution in [0.5, 0.6) is 0 Å². The molecule has 1 N–H and O–H groups in total. The SMILES string of the molecule is O=C(NC1C2CC3CC(C2)CC1C3)c1ccc(Cl)c(Br)c1. The number of nitrogens with one attached hydrogen (secondary N) is 1. The number of hydrogen-bond donors (Lipinski definition) is 1. The Morgan fingerprint density at radius 1 is 1.10 bits per heavy atom. The molecule has 4 aliphatic rings. The molecular weight excluding hydrogens is 350 g/mol. The van der Waals surface area contributed by atoms with Crippen LogP contribution in [0.2, 0.25) is 5.02 Å². The number of carbonyl (C=O) groups excluding carboxylic acids is 1. The molecule has 0 radical (unpaired) electrons. The summed E-state index contributed by atoms with van der Waals surface area (Å²) in [4.78, 5) is 12.5. The molecule has 2 nitrogen and oxygen atoms in total. The standard InChI is InChI=1S/C17H19BrClNO/c18-14-8-11(1-2-15(14)19)17(21)20-16-12-4-9-3-10(6-12)7-13(16)5-9/h1-2,8-10,12-13,16H,3-7H2,(H,20,21). The van der Waals surface area contributed by atoms with Crippen molar-refractivity contribution in [3.05, 3.63) is 33.3 Å². The molecule has 1 amide bonds. The summed E-state index contributed by atoms with van der Waals surface area (Å²) in [5, 5.41) is 3.96. The van der Waals surface area contributed by atoms with Crippen molar-refractivity contribution in [1.82, 2.24) is 5.32 Å². The van der Waals surface area contributed by atoms with Crippen LogP contribution in [-0.4, -0.2) is 11.9 Å². The first-order chi connectivity index (χ1) is 10.1. The maximum Gasteiger partial charge on any atom is 0.251 e. The van der Waals surface area contributed by atoms with E-state index in [0.717, 1.165) is 16.3 Å². The fourth-order valence-corrected chi connectivity index (χ4v) is 5.53. The molecule has 21 heavy (non-hydrogen) atoms. The number of halogens is 2. The van der Waals surface area contributed by atoms with Crippen LogP contribution in [0.1, 0.15) is 42.5 Å². The summed E-state index contributed by atoms with van der Waals surface area (Å²) in [6.45, 7) is 0. The largest absolute Gasteiger partial charge is 0.349 e. The lowest BCUT2D eigenvalue weighted by Crippen LogP contribution is -2.55. The highest BCUT2D eigenvalue weighted by molar-refractivity contribution is 9.10. The average molecular weight is 369 g/mol. The molecule has 0 heterocycles. The first-order valence-corrected chi connectivity index (χ1v) is 9.03. The topological polar surface area (TPSA) is 29.1 Å². The van der Waals surface area contributed by atoms with E-state index in [9.17, 15) is 4.79 Å². The minimum Gasteiger partial charge on any atom is -0.349 e. The third kappa shape index (κ3) is 2.53. The zero-order valence-electron chi connectivity index (χ0n) is 11.8. The molecule has 0 aromatic heterocycles. The molecule has 1 aromatic rings. The van der Waals surface area contributed by atoms with E-state index in [1.54, 1.807) is 12.1 Å². The quantitative estimate of drug-likeness (QED) is 0.808. The predicted octanol–water partition coefficient (Wildman–Crippen LogP) is 4.66. The minimum atomic E-state index is 0.0461. The third-order valence-corrected chi connectivity index (χ3v) is 6.92. The van der Waals surface area contributed by atoms with Crippen molar-refractivity contribution in [2.45, 2.75) is 38.1 Å². The van der Waals surface area contributed by atoms with E-state index >= 15 is 0 Å². The van der Waals surface area contributed by atoms with Gasteiger partial charge in [0.15, 0.2) is 0 Å². The van der Waals surface area contributed by atoms with E-state index in [2.05, 4.69) is 21.2 Å². The van der Waals surface area contributed by atoms with Crippen LogP contribution in [0.4, 0.5) is 0 Å². The lowest BCUT2D eigenvalue weighted by atomic mass is 9.54. The molecule has 0 unspecified atom stereocenters. The highest BCUT2D eigenvalue weighted by atomic mass is 79.9. The predicted molar refractivity (Wildman–Crippen MR) is 87.5 cm³/mol. The van der Waals surface area contributed by atoms with Gasteiger partial charge in [-0.3, -0.25) is 4.79 Å². The number of rotatable bonds is 2. The molecular formula is C17H19BrClNO. The zero-order valence-corrected chi connectivity index (χ0v) is 14.2. The van der Waals surface area contributed by atoms with E-state index in [4.69, 9.17) is 11.6 Å². The van der Waals surface area contributed by atoms with Gasteiger partial charge in [-0.1, -0.05) is 11.6 Å². The molecule has 4 fully saturated rings. The van der Waals surface area contributed by atoms with E-state index in [0.29, 0.717) is 28.5 Å². The van der Waals surface area contributed by atoms with Gasteiger partial charge in [0.2, 0.25) is 0 Å². The van der Waals surface area contributed by atoms with Crippen LogP contribution in [-0.2, 0) is 0 Å². The Hall–Kier alpha value is -0.540. The fraction of sp³-hybridized carbons (Fsp3) is 0.588. The second-order valence-electron chi connectivity index (χ2n) is 7.06. The lowest BCUT2D eigenvalue weighted by molar-refractivity contribution is -0.0119.